The Morgan fingerprint density at radius 3 is 2.38 bits per heavy atom. The molecule has 0 radical (unpaired) electrons. The topological polar surface area (TPSA) is 83.8 Å². The molecule has 3 fully saturated rings. The van der Waals surface area contributed by atoms with Crippen molar-refractivity contribution in [3.8, 4) is 5.88 Å². The van der Waals surface area contributed by atoms with Crippen molar-refractivity contribution in [2.24, 2.45) is 5.92 Å². The van der Waals surface area contributed by atoms with E-state index >= 15 is 0 Å². The number of halogens is 3. The summed E-state index contributed by atoms with van der Waals surface area (Å²) in [4.78, 5) is 19.7. The maximum atomic E-state index is 13.3. The lowest BCUT2D eigenvalue weighted by molar-refractivity contribution is -0.388. The molecule has 3 aliphatic rings. The summed E-state index contributed by atoms with van der Waals surface area (Å²) in [7, 11) is 0. The second-order valence-corrected chi connectivity index (χ2v) is 11.0. The van der Waals surface area contributed by atoms with Crippen molar-refractivity contribution in [1.82, 2.24) is 9.88 Å². The van der Waals surface area contributed by atoms with E-state index in [1.807, 2.05) is 18.2 Å². The highest BCUT2D eigenvalue weighted by Gasteiger charge is 2.38. The van der Waals surface area contributed by atoms with Crippen LogP contribution in [0, 0.1) is 16.0 Å². The first kappa shape index (κ1) is 27.5. The fourth-order valence-corrected chi connectivity index (χ4v) is 6.11. The molecule has 1 saturated heterocycles. The van der Waals surface area contributed by atoms with Gasteiger partial charge in [-0.1, -0.05) is 18.9 Å². The molecule has 5 rings (SSSR count). The zero-order valence-corrected chi connectivity index (χ0v) is 22.0. The number of ether oxygens (including phenoxy) is 1. The van der Waals surface area contributed by atoms with Crippen LogP contribution in [0.5, 0.6) is 5.88 Å². The van der Waals surface area contributed by atoms with Crippen molar-refractivity contribution < 1.29 is 22.8 Å². The molecule has 8 nitrogen and oxygen atoms in total. The van der Waals surface area contributed by atoms with Gasteiger partial charge in [-0.15, -0.1) is 0 Å². The molecule has 0 unspecified atom stereocenters. The van der Waals surface area contributed by atoms with Gasteiger partial charge in [0.2, 0.25) is 5.88 Å². The maximum absolute atomic E-state index is 13.3. The van der Waals surface area contributed by atoms with Crippen LogP contribution >= 0.6 is 0 Å². The number of benzene rings is 1. The van der Waals surface area contributed by atoms with Crippen LogP contribution in [-0.4, -0.2) is 59.7 Å². The van der Waals surface area contributed by atoms with Crippen molar-refractivity contribution in [2.45, 2.75) is 69.7 Å². The molecule has 1 N–H and O–H groups in total. The van der Waals surface area contributed by atoms with Crippen LogP contribution in [0.15, 0.2) is 36.4 Å². The summed E-state index contributed by atoms with van der Waals surface area (Å²) in [6.45, 7) is 5.24. The predicted molar refractivity (Wildman–Crippen MR) is 143 cm³/mol. The fourth-order valence-electron chi connectivity index (χ4n) is 6.11. The maximum Gasteiger partial charge on any atom is 0.423 e. The van der Waals surface area contributed by atoms with Gasteiger partial charge in [0.25, 0.3) is 5.69 Å². The average molecular weight is 548 g/mol. The summed E-state index contributed by atoms with van der Waals surface area (Å²) < 4.78 is 46.1. The first-order valence-corrected chi connectivity index (χ1v) is 14.0. The Labute approximate surface area is 226 Å². The Kier molecular flexibility index (Phi) is 8.44. The van der Waals surface area contributed by atoms with E-state index in [0.717, 1.165) is 62.9 Å². The number of rotatable bonds is 8. The summed E-state index contributed by atoms with van der Waals surface area (Å²) in [6.07, 6.45) is 3.59. The van der Waals surface area contributed by atoms with Gasteiger partial charge in [-0.3, -0.25) is 15.0 Å². The lowest BCUT2D eigenvalue weighted by atomic mass is 9.92. The van der Waals surface area contributed by atoms with E-state index in [2.05, 4.69) is 15.1 Å². The number of piperazine rings is 1. The summed E-state index contributed by atoms with van der Waals surface area (Å²) >= 11 is 0. The molecule has 1 aliphatic heterocycles. The van der Waals surface area contributed by atoms with Crippen LogP contribution in [0.25, 0.3) is 0 Å². The van der Waals surface area contributed by atoms with Gasteiger partial charge in [-0.25, -0.2) is 0 Å². The Morgan fingerprint density at radius 1 is 1.00 bits per heavy atom. The van der Waals surface area contributed by atoms with E-state index < -0.39 is 22.4 Å². The Morgan fingerprint density at radius 2 is 1.72 bits per heavy atom. The van der Waals surface area contributed by atoms with Crippen LogP contribution in [0.2, 0.25) is 0 Å². The molecular weight excluding hydrogens is 511 g/mol. The van der Waals surface area contributed by atoms with Crippen molar-refractivity contribution in [1.29, 1.82) is 0 Å². The second kappa shape index (κ2) is 12.0. The third kappa shape index (κ3) is 7.12. The minimum atomic E-state index is -4.80. The SMILES string of the molecule is O=[N+]([O-])c1ccc(N[C@H]2CC[C@H](Oc3cccc(N4CCN(CC5CCCC5)CC4)n3)CC2)cc1C(F)(F)F. The standard InChI is InChI=1S/C28H36F3N5O3/c29-28(30,31)24-18-22(10-13-25(24)36(37)38)32-21-8-11-23(12-9-21)39-27-7-3-6-26(33-27)35-16-14-34(15-17-35)19-20-4-1-2-5-20/h3,6-7,10,13,18,20-21,23,32H,1-2,4-5,8-9,11-12,14-17,19H2/t21-,23-. The number of nitro groups is 1. The minimum Gasteiger partial charge on any atom is -0.474 e. The number of nitro benzene ring substituents is 1. The van der Waals surface area contributed by atoms with E-state index in [-0.39, 0.29) is 17.8 Å². The van der Waals surface area contributed by atoms with Crippen LogP contribution < -0.4 is 15.0 Å². The number of nitrogens with one attached hydrogen (secondary N) is 1. The van der Waals surface area contributed by atoms with Gasteiger partial charge in [0.05, 0.1) is 4.92 Å². The Bertz CT molecular complexity index is 1130. The van der Waals surface area contributed by atoms with Gasteiger partial charge in [-0.2, -0.15) is 18.2 Å². The van der Waals surface area contributed by atoms with Gasteiger partial charge < -0.3 is 15.0 Å². The van der Waals surface area contributed by atoms with E-state index in [1.54, 1.807) is 0 Å². The highest BCUT2D eigenvalue weighted by molar-refractivity contribution is 5.55. The quantitative estimate of drug-likeness (QED) is 0.315. The molecule has 1 aromatic heterocycles. The van der Waals surface area contributed by atoms with E-state index in [4.69, 9.17) is 9.72 Å². The van der Waals surface area contributed by atoms with Crippen LogP contribution in [0.3, 0.4) is 0 Å². The predicted octanol–water partition coefficient (Wildman–Crippen LogP) is 6.12. The monoisotopic (exact) mass is 547 g/mol. The molecule has 39 heavy (non-hydrogen) atoms. The van der Waals surface area contributed by atoms with Gasteiger partial charge >= 0.3 is 6.18 Å². The van der Waals surface area contributed by atoms with E-state index in [0.29, 0.717) is 18.7 Å². The van der Waals surface area contributed by atoms with Crippen molar-refractivity contribution in [3.05, 3.63) is 52.1 Å². The lowest BCUT2D eigenvalue weighted by Crippen LogP contribution is -2.47. The molecule has 0 bridgehead atoms. The average Bonchev–Trinajstić information content (AvgIpc) is 3.43. The normalized spacial score (nSPS) is 23.1. The van der Waals surface area contributed by atoms with Crippen molar-refractivity contribution in [3.63, 3.8) is 0 Å². The van der Waals surface area contributed by atoms with Gasteiger partial charge in [0, 0.05) is 56.6 Å². The van der Waals surface area contributed by atoms with Gasteiger partial charge in [0.1, 0.15) is 17.5 Å². The number of pyridine rings is 1. The zero-order chi connectivity index (χ0) is 27.4. The van der Waals surface area contributed by atoms with Gasteiger partial charge in [0.15, 0.2) is 0 Å². The second-order valence-electron chi connectivity index (χ2n) is 11.0. The highest BCUT2D eigenvalue weighted by atomic mass is 19.4. The molecule has 0 spiro atoms. The molecule has 212 valence electrons. The molecule has 0 amide bonds. The molecule has 2 aromatic rings. The molecular formula is C28H36F3N5O3. The smallest absolute Gasteiger partial charge is 0.423 e. The Balaban J connectivity index is 1.10. The minimum absolute atomic E-state index is 0.0170. The number of alkyl halides is 3. The Hall–Kier alpha value is -3.08. The molecule has 2 heterocycles. The number of hydrogen-bond donors (Lipinski definition) is 1. The summed E-state index contributed by atoms with van der Waals surface area (Å²) in [6, 6.07) is 8.91. The first-order valence-electron chi connectivity index (χ1n) is 14.0. The zero-order valence-electron chi connectivity index (χ0n) is 22.0. The molecule has 0 atom stereocenters. The number of nitrogens with zero attached hydrogens (tertiary/aromatic N) is 4. The van der Waals surface area contributed by atoms with Crippen molar-refractivity contribution in [2.75, 3.05) is 42.9 Å². The summed E-state index contributed by atoms with van der Waals surface area (Å²) in [5.74, 6) is 2.40. The van der Waals surface area contributed by atoms with Gasteiger partial charge in [-0.05, 0) is 62.6 Å². The highest BCUT2D eigenvalue weighted by Crippen LogP contribution is 2.38. The number of aromatic nitrogens is 1. The molecule has 2 aliphatic carbocycles. The molecule has 1 aromatic carbocycles. The lowest BCUT2D eigenvalue weighted by Gasteiger charge is -2.36. The summed E-state index contributed by atoms with van der Waals surface area (Å²) in [5.41, 5.74) is -1.95. The van der Waals surface area contributed by atoms with Crippen LogP contribution in [0.4, 0.5) is 30.4 Å². The van der Waals surface area contributed by atoms with Crippen LogP contribution in [-0.2, 0) is 6.18 Å². The third-order valence-corrected chi connectivity index (χ3v) is 8.23. The van der Waals surface area contributed by atoms with E-state index in [1.165, 1.54) is 38.3 Å². The number of hydrogen-bond acceptors (Lipinski definition) is 7. The third-order valence-electron chi connectivity index (χ3n) is 8.23. The van der Waals surface area contributed by atoms with E-state index in [9.17, 15) is 23.3 Å². The largest absolute Gasteiger partial charge is 0.474 e. The number of anilines is 2. The first-order chi connectivity index (χ1) is 18.7. The fraction of sp³-hybridized carbons (Fsp3) is 0.607. The molecule has 2 saturated carbocycles. The van der Waals surface area contributed by atoms with Crippen molar-refractivity contribution >= 4 is 17.2 Å². The van der Waals surface area contributed by atoms with Crippen LogP contribution in [0.1, 0.15) is 56.9 Å². The summed E-state index contributed by atoms with van der Waals surface area (Å²) in [5, 5.41) is 14.1. The molecule has 11 heteroatoms.